The van der Waals surface area contributed by atoms with Crippen LogP contribution in [-0.4, -0.2) is 42.9 Å². The van der Waals surface area contributed by atoms with E-state index in [1.54, 1.807) is 13.0 Å². The largest absolute Gasteiger partial charge is 0.484 e. The van der Waals surface area contributed by atoms with Crippen LogP contribution in [0.2, 0.25) is 0 Å². The number of hydrogen-bond donors (Lipinski definition) is 3. The predicted octanol–water partition coefficient (Wildman–Crippen LogP) is 1.85. The number of nitrogens with one attached hydrogen (secondary N) is 3. The van der Waals surface area contributed by atoms with Crippen LogP contribution in [0.15, 0.2) is 52.3 Å². The van der Waals surface area contributed by atoms with Gasteiger partial charge in [0.1, 0.15) is 5.75 Å². The van der Waals surface area contributed by atoms with E-state index < -0.39 is 26.0 Å². The van der Waals surface area contributed by atoms with Gasteiger partial charge in [-0.1, -0.05) is 19.9 Å². The summed E-state index contributed by atoms with van der Waals surface area (Å²) in [5.41, 5.74) is 1.04. The Hall–Kier alpha value is -2.47. The Bertz CT molecular complexity index is 1130. The molecule has 2 aromatic rings. The molecule has 9 nitrogen and oxygen atoms in total. The Labute approximate surface area is 183 Å². The second-order valence-corrected chi connectivity index (χ2v) is 10.9. The average Bonchev–Trinajstić information content (AvgIpc) is 2.72. The molecule has 0 fully saturated rings. The Morgan fingerprint density at radius 1 is 0.968 bits per heavy atom. The molecule has 1 amide bonds. The number of aryl methyl sites for hydroxylation is 1. The number of benzene rings is 2. The van der Waals surface area contributed by atoms with Gasteiger partial charge in [-0.3, -0.25) is 4.79 Å². The maximum Gasteiger partial charge on any atom is 0.262 e. The average molecular weight is 470 g/mol. The Kier molecular flexibility index (Phi) is 8.18. The quantitative estimate of drug-likeness (QED) is 0.487. The van der Waals surface area contributed by atoms with Crippen molar-refractivity contribution >= 4 is 31.6 Å². The minimum Gasteiger partial charge on any atom is -0.484 e. The van der Waals surface area contributed by atoms with E-state index in [1.165, 1.54) is 43.4 Å². The number of rotatable bonds is 10. The molecule has 0 aliphatic heterocycles. The maximum atomic E-state index is 12.2. The molecule has 0 aliphatic rings. The summed E-state index contributed by atoms with van der Waals surface area (Å²) in [5, 5.41) is 2.62. The molecule has 170 valence electrons. The number of amides is 1. The molecule has 2 rings (SSSR count). The van der Waals surface area contributed by atoms with E-state index in [4.69, 9.17) is 4.74 Å². The number of sulfonamides is 2. The molecule has 11 heteroatoms. The molecule has 0 unspecified atom stereocenters. The van der Waals surface area contributed by atoms with Crippen LogP contribution in [0.3, 0.4) is 0 Å². The summed E-state index contributed by atoms with van der Waals surface area (Å²) in [6.07, 6.45) is 0. The minimum atomic E-state index is -3.64. The third kappa shape index (κ3) is 7.03. The van der Waals surface area contributed by atoms with Crippen molar-refractivity contribution < 1.29 is 26.4 Å². The molecule has 31 heavy (non-hydrogen) atoms. The van der Waals surface area contributed by atoms with Gasteiger partial charge in [0.15, 0.2) is 6.61 Å². The molecule has 0 aliphatic carbocycles. The van der Waals surface area contributed by atoms with Gasteiger partial charge in [0.05, 0.1) is 9.79 Å². The van der Waals surface area contributed by atoms with E-state index in [9.17, 15) is 21.6 Å². The summed E-state index contributed by atoms with van der Waals surface area (Å²) in [6.45, 7) is 5.54. The number of carbonyl (C=O) groups excluding carboxylic acids is 1. The van der Waals surface area contributed by atoms with E-state index in [-0.39, 0.29) is 22.3 Å². The smallest absolute Gasteiger partial charge is 0.262 e. The third-order valence-electron chi connectivity index (χ3n) is 4.25. The standard InChI is InChI=1S/C20H27N3O6S2/c1-14(2)12-22-31(27,28)17-9-6-16(7-10-17)29-13-20(24)23-19-11-18(8-5-15(19)3)30(25,26)21-4/h5-11,14,21-22H,12-13H2,1-4H3,(H,23,24). The van der Waals surface area contributed by atoms with Gasteiger partial charge in [-0.15, -0.1) is 0 Å². The molecule has 0 saturated carbocycles. The first-order valence-electron chi connectivity index (χ1n) is 9.51. The normalized spacial score (nSPS) is 12.0. The molecule has 3 N–H and O–H groups in total. The zero-order valence-corrected chi connectivity index (χ0v) is 19.4. The van der Waals surface area contributed by atoms with Crippen LogP contribution in [-0.2, 0) is 24.8 Å². The van der Waals surface area contributed by atoms with Crippen molar-refractivity contribution in [2.45, 2.75) is 30.6 Å². The van der Waals surface area contributed by atoms with Crippen molar-refractivity contribution in [2.24, 2.45) is 5.92 Å². The third-order valence-corrected chi connectivity index (χ3v) is 7.10. The lowest BCUT2D eigenvalue weighted by Crippen LogP contribution is -2.27. The number of hydrogen-bond acceptors (Lipinski definition) is 6. The highest BCUT2D eigenvalue weighted by Gasteiger charge is 2.16. The zero-order valence-electron chi connectivity index (χ0n) is 17.8. The van der Waals surface area contributed by atoms with Crippen LogP contribution in [0.1, 0.15) is 19.4 Å². The van der Waals surface area contributed by atoms with Crippen molar-refractivity contribution in [3.05, 3.63) is 48.0 Å². The summed E-state index contributed by atoms with van der Waals surface area (Å²) in [6, 6.07) is 10.1. The van der Waals surface area contributed by atoms with Gasteiger partial charge in [-0.05, 0) is 61.9 Å². The van der Waals surface area contributed by atoms with Crippen LogP contribution in [0.4, 0.5) is 5.69 Å². The Morgan fingerprint density at radius 2 is 1.58 bits per heavy atom. The molecule has 0 aromatic heterocycles. The molecular weight excluding hydrogens is 442 g/mol. The monoisotopic (exact) mass is 469 g/mol. The molecule has 0 saturated heterocycles. The highest BCUT2D eigenvalue weighted by atomic mass is 32.2. The predicted molar refractivity (Wildman–Crippen MR) is 118 cm³/mol. The second-order valence-electron chi connectivity index (χ2n) is 7.24. The van der Waals surface area contributed by atoms with E-state index in [2.05, 4.69) is 14.8 Å². The van der Waals surface area contributed by atoms with Crippen LogP contribution in [0.5, 0.6) is 5.75 Å². The summed E-state index contributed by atoms with van der Waals surface area (Å²) in [4.78, 5) is 12.4. The summed E-state index contributed by atoms with van der Waals surface area (Å²) < 4.78 is 58.4. The van der Waals surface area contributed by atoms with Crippen LogP contribution < -0.4 is 19.5 Å². The zero-order chi connectivity index (χ0) is 23.2. The highest BCUT2D eigenvalue weighted by molar-refractivity contribution is 7.89. The lowest BCUT2D eigenvalue weighted by atomic mass is 10.2. The van der Waals surface area contributed by atoms with Crippen molar-refractivity contribution in [1.29, 1.82) is 0 Å². The minimum absolute atomic E-state index is 0.0275. The van der Waals surface area contributed by atoms with Gasteiger partial charge in [-0.25, -0.2) is 26.3 Å². The van der Waals surface area contributed by atoms with Gasteiger partial charge in [0.2, 0.25) is 20.0 Å². The first-order valence-corrected chi connectivity index (χ1v) is 12.5. The lowest BCUT2D eigenvalue weighted by molar-refractivity contribution is -0.118. The molecule has 0 atom stereocenters. The van der Waals surface area contributed by atoms with Crippen molar-refractivity contribution in [3.8, 4) is 5.75 Å². The molecular formula is C20H27N3O6S2. The molecule has 0 radical (unpaired) electrons. The molecule has 0 spiro atoms. The Balaban J connectivity index is 2.00. The lowest BCUT2D eigenvalue weighted by Gasteiger charge is -2.12. The second kappa shape index (κ2) is 10.2. The van der Waals surface area contributed by atoms with Crippen LogP contribution in [0, 0.1) is 12.8 Å². The summed E-state index contributed by atoms with van der Waals surface area (Å²) in [5.74, 6) is 0.0113. The van der Waals surface area contributed by atoms with Gasteiger partial charge in [0.25, 0.3) is 5.91 Å². The highest BCUT2D eigenvalue weighted by Crippen LogP contribution is 2.20. The van der Waals surface area contributed by atoms with Crippen molar-refractivity contribution in [2.75, 3.05) is 25.5 Å². The van der Waals surface area contributed by atoms with Gasteiger partial charge in [0, 0.05) is 12.2 Å². The van der Waals surface area contributed by atoms with E-state index >= 15 is 0 Å². The number of anilines is 1. The van der Waals surface area contributed by atoms with E-state index in [1.807, 2.05) is 13.8 Å². The summed E-state index contributed by atoms with van der Waals surface area (Å²) in [7, 11) is -5.94. The van der Waals surface area contributed by atoms with Crippen molar-refractivity contribution in [3.63, 3.8) is 0 Å². The number of ether oxygens (including phenoxy) is 1. The fourth-order valence-electron chi connectivity index (χ4n) is 2.43. The van der Waals surface area contributed by atoms with Crippen LogP contribution >= 0.6 is 0 Å². The maximum absolute atomic E-state index is 12.2. The van der Waals surface area contributed by atoms with Gasteiger partial charge in [-0.2, -0.15) is 0 Å². The van der Waals surface area contributed by atoms with E-state index in [0.717, 1.165) is 0 Å². The summed E-state index contributed by atoms with van der Waals surface area (Å²) >= 11 is 0. The molecule has 2 aromatic carbocycles. The number of carbonyl (C=O) groups is 1. The van der Waals surface area contributed by atoms with Gasteiger partial charge >= 0.3 is 0 Å². The Morgan fingerprint density at radius 3 is 2.16 bits per heavy atom. The first-order chi connectivity index (χ1) is 14.4. The van der Waals surface area contributed by atoms with Crippen LogP contribution in [0.25, 0.3) is 0 Å². The SMILES string of the molecule is CNS(=O)(=O)c1ccc(C)c(NC(=O)COc2ccc(S(=O)(=O)NCC(C)C)cc2)c1. The fourth-order valence-corrected chi connectivity index (χ4v) is 4.40. The fraction of sp³-hybridized carbons (Fsp3) is 0.350. The first kappa shape index (κ1) is 24.8. The van der Waals surface area contributed by atoms with E-state index in [0.29, 0.717) is 23.5 Å². The topological polar surface area (TPSA) is 131 Å². The molecule has 0 bridgehead atoms. The molecule has 0 heterocycles. The van der Waals surface area contributed by atoms with Crippen molar-refractivity contribution in [1.82, 2.24) is 9.44 Å². The van der Waals surface area contributed by atoms with Gasteiger partial charge < -0.3 is 10.1 Å².